The van der Waals surface area contributed by atoms with E-state index in [0.717, 1.165) is 16.9 Å². The van der Waals surface area contributed by atoms with Crippen LogP contribution < -0.4 is 11.1 Å². The van der Waals surface area contributed by atoms with Crippen LogP contribution in [0.2, 0.25) is 0 Å². The minimum atomic E-state index is -0.104. The van der Waals surface area contributed by atoms with Crippen molar-refractivity contribution in [2.24, 2.45) is 5.73 Å². The fourth-order valence-corrected chi connectivity index (χ4v) is 2.99. The lowest BCUT2D eigenvalue weighted by atomic mass is 10.2. The monoisotopic (exact) mass is 291 g/mol. The Hall–Kier alpha value is -1.84. The summed E-state index contributed by atoms with van der Waals surface area (Å²) in [5.41, 5.74) is 6.32. The molecule has 2 heterocycles. The number of nitrogens with two attached hydrogens (primary N) is 1. The van der Waals surface area contributed by atoms with E-state index in [9.17, 15) is 9.59 Å². The van der Waals surface area contributed by atoms with Gasteiger partial charge in [-0.2, -0.15) is 0 Å². The normalized spacial score (nSPS) is 15.1. The first-order valence-corrected chi connectivity index (χ1v) is 7.29. The summed E-state index contributed by atoms with van der Waals surface area (Å²) in [4.78, 5) is 27.0. The van der Waals surface area contributed by atoms with Crippen LogP contribution in [-0.2, 0) is 4.79 Å². The van der Waals surface area contributed by atoms with E-state index in [1.165, 1.54) is 11.3 Å². The fraction of sp³-hybridized carbons (Fsp3) is 0.429. The summed E-state index contributed by atoms with van der Waals surface area (Å²) in [5, 5.41) is 2.76. The average molecular weight is 291 g/mol. The first kappa shape index (κ1) is 14.6. The molecule has 0 saturated carbocycles. The fourth-order valence-electron chi connectivity index (χ4n) is 1.98. The highest BCUT2D eigenvalue weighted by molar-refractivity contribution is 7.14. The van der Waals surface area contributed by atoms with Crippen molar-refractivity contribution in [3.63, 3.8) is 0 Å². The van der Waals surface area contributed by atoms with E-state index in [0.29, 0.717) is 24.5 Å². The third-order valence-electron chi connectivity index (χ3n) is 2.98. The predicted octanol–water partition coefficient (Wildman–Crippen LogP) is 0.329. The summed E-state index contributed by atoms with van der Waals surface area (Å²) >= 11 is 1.36. The molecular formula is C14H17N3O2S. The molecule has 0 radical (unpaired) electrons. The van der Waals surface area contributed by atoms with Crippen LogP contribution in [0.4, 0.5) is 0 Å². The van der Waals surface area contributed by atoms with Gasteiger partial charge in [-0.1, -0.05) is 11.8 Å². The van der Waals surface area contributed by atoms with Gasteiger partial charge in [0.25, 0.3) is 5.91 Å². The second-order valence-electron chi connectivity index (χ2n) is 4.56. The molecule has 3 N–H and O–H groups in total. The zero-order valence-electron chi connectivity index (χ0n) is 11.4. The Morgan fingerprint density at radius 2 is 2.40 bits per heavy atom. The van der Waals surface area contributed by atoms with Gasteiger partial charge in [-0.25, -0.2) is 0 Å². The topological polar surface area (TPSA) is 75.4 Å². The highest BCUT2D eigenvalue weighted by Crippen LogP contribution is 2.22. The summed E-state index contributed by atoms with van der Waals surface area (Å²) in [6, 6.07) is 1.83. The van der Waals surface area contributed by atoms with E-state index in [4.69, 9.17) is 5.73 Å². The van der Waals surface area contributed by atoms with Crippen LogP contribution in [0.5, 0.6) is 0 Å². The summed E-state index contributed by atoms with van der Waals surface area (Å²) in [6.07, 6.45) is 0.779. The summed E-state index contributed by atoms with van der Waals surface area (Å²) in [6.45, 7) is 3.56. The van der Waals surface area contributed by atoms with Crippen molar-refractivity contribution in [2.75, 3.05) is 26.2 Å². The van der Waals surface area contributed by atoms with Gasteiger partial charge in [0.1, 0.15) is 0 Å². The molecule has 0 atom stereocenters. The van der Waals surface area contributed by atoms with E-state index in [1.54, 1.807) is 4.90 Å². The van der Waals surface area contributed by atoms with Crippen molar-refractivity contribution in [3.8, 4) is 11.8 Å². The molecule has 0 aliphatic carbocycles. The molecule has 106 valence electrons. The van der Waals surface area contributed by atoms with Gasteiger partial charge in [0.15, 0.2) is 0 Å². The maximum Gasteiger partial charge on any atom is 0.264 e. The lowest BCUT2D eigenvalue weighted by Gasteiger charge is -2.17. The van der Waals surface area contributed by atoms with Crippen molar-refractivity contribution in [1.82, 2.24) is 10.2 Å². The van der Waals surface area contributed by atoms with Gasteiger partial charge in [0.2, 0.25) is 5.91 Å². The molecule has 6 heteroatoms. The number of carbonyl (C=O) groups is 2. The molecule has 0 spiro atoms. The van der Waals surface area contributed by atoms with E-state index in [2.05, 4.69) is 17.2 Å². The number of rotatable bonds is 1. The number of thiophene rings is 1. The maximum atomic E-state index is 12.4. The Morgan fingerprint density at radius 3 is 3.15 bits per heavy atom. The number of nitrogens with one attached hydrogen (secondary N) is 1. The molecule has 5 nitrogen and oxygen atoms in total. The first-order chi connectivity index (χ1) is 9.61. The molecule has 0 unspecified atom stereocenters. The SMILES string of the molecule is Cc1cc(C(=O)N2CCCNC(=O)C2)sc1C#CCN. The Balaban J connectivity index is 2.18. The summed E-state index contributed by atoms with van der Waals surface area (Å²) in [5.74, 6) is 5.55. The highest BCUT2D eigenvalue weighted by Gasteiger charge is 2.22. The first-order valence-electron chi connectivity index (χ1n) is 6.47. The van der Waals surface area contributed by atoms with Gasteiger partial charge in [-0.15, -0.1) is 11.3 Å². The number of amides is 2. The zero-order chi connectivity index (χ0) is 14.5. The number of hydrogen-bond donors (Lipinski definition) is 2. The molecule has 1 aliphatic rings. The Labute approximate surface area is 122 Å². The lowest BCUT2D eigenvalue weighted by molar-refractivity contribution is -0.121. The molecule has 1 aromatic rings. The molecule has 2 amide bonds. The molecule has 0 aromatic carbocycles. The smallest absolute Gasteiger partial charge is 0.264 e. The van der Waals surface area contributed by atoms with Crippen molar-refractivity contribution in [1.29, 1.82) is 0 Å². The van der Waals surface area contributed by atoms with Crippen LogP contribution in [-0.4, -0.2) is 42.9 Å². The molecule has 0 bridgehead atoms. The van der Waals surface area contributed by atoms with Crippen LogP contribution in [0.3, 0.4) is 0 Å². The molecule has 1 aliphatic heterocycles. The minimum Gasteiger partial charge on any atom is -0.354 e. The zero-order valence-corrected chi connectivity index (χ0v) is 12.2. The van der Waals surface area contributed by atoms with Gasteiger partial charge in [-0.3, -0.25) is 9.59 Å². The van der Waals surface area contributed by atoms with Crippen LogP contribution in [0.1, 0.15) is 26.5 Å². The van der Waals surface area contributed by atoms with E-state index in [1.807, 2.05) is 13.0 Å². The quantitative estimate of drug-likeness (QED) is 0.732. The number of aryl methyl sites for hydroxylation is 1. The maximum absolute atomic E-state index is 12.4. The Kier molecular flexibility index (Phi) is 4.77. The van der Waals surface area contributed by atoms with Crippen molar-refractivity contribution >= 4 is 23.2 Å². The van der Waals surface area contributed by atoms with E-state index in [-0.39, 0.29) is 18.4 Å². The molecule has 1 saturated heterocycles. The van der Waals surface area contributed by atoms with Gasteiger partial charge >= 0.3 is 0 Å². The molecular weight excluding hydrogens is 274 g/mol. The molecule has 1 fully saturated rings. The van der Waals surface area contributed by atoms with Crippen LogP contribution in [0, 0.1) is 18.8 Å². The Morgan fingerprint density at radius 1 is 1.60 bits per heavy atom. The van der Waals surface area contributed by atoms with Crippen molar-refractivity contribution in [2.45, 2.75) is 13.3 Å². The summed E-state index contributed by atoms with van der Waals surface area (Å²) < 4.78 is 0. The standard InChI is InChI=1S/C14H17N3O2S/c1-10-8-12(20-11(10)4-2-5-15)14(19)17-7-3-6-16-13(18)9-17/h8H,3,5-7,9,15H2,1H3,(H,16,18). The van der Waals surface area contributed by atoms with Crippen molar-refractivity contribution in [3.05, 3.63) is 21.4 Å². The lowest BCUT2D eigenvalue weighted by Crippen LogP contribution is -2.37. The number of hydrogen-bond acceptors (Lipinski definition) is 4. The molecule has 20 heavy (non-hydrogen) atoms. The third-order valence-corrected chi connectivity index (χ3v) is 4.12. The average Bonchev–Trinajstić information content (AvgIpc) is 2.65. The highest BCUT2D eigenvalue weighted by atomic mass is 32.1. The summed E-state index contributed by atoms with van der Waals surface area (Å²) in [7, 11) is 0. The largest absolute Gasteiger partial charge is 0.354 e. The van der Waals surface area contributed by atoms with Crippen molar-refractivity contribution < 1.29 is 9.59 Å². The van der Waals surface area contributed by atoms with Crippen LogP contribution in [0.15, 0.2) is 6.07 Å². The Bertz CT molecular complexity index is 583. The third kappa shape index (κ3) is 3.38. The second kappa shape index (κ2) is 6.55. The predicted molar refractivity (Wildman–Crippen MR) is 78.5 cm³/mol. The van der Waals surface area contributed by atoms with Crippen LogP contribution >= 0.6 is 11.3 Å². The minimum absolute atomic E-state index is 0.101. The van der Waals surface area contributed by atoms with Gasteiger partial charge in [0, 0.05) is 13.1 Å². The molecule has 1 aromatic heterocycles. The van der Waals surface area contributed by atoms with Gasteiger partial charge in [0.05, 0.1) is 22.8 Å². The number of carbonyl (C=O) groups excluding carboxylic acids is 2. The van der Waals surface area contributed by atoms with E-state index >= 15 is 0 Å². The van der Waals surface area contributed by atoms with Crippen LogP contribution in [0.25, 0.3) is 0 Å². The van der Waals surface area contributed by atoms with Gasteiger partial charge in [-0.05, 0) is 25.0 Å². The van der Waals surface area contributed by atoms with E-state index < -0.39 is 0 Å². The van der Waals surface area contributed by atoms with Gasteiger partial charge < -0.3 is 16.0 Å². The molecule has 2 rings (SSSR count). The number of nitrogens with zero attached hydrogens (tertiary/aromatic N) is 1. The second-order valence-corrected chi connectivity index (χ2v) is 5.61.